The number of terminal acetylenes is 1. The number of likely N-dealkylation sites (tertiary alicyclic amines) is 1. The van der Waals surface area contributed by atoms with E-state index in [9.17, 15) is 0 Å². The monoisotopic (exact) mass is 239 g/mol. The largest absolute Gasteiger partial charge is 0.370 e. The van der Waals surface area contributed by atoms with E-state index in [0.717, 1.165) is 31.1 Å². The standard InChI is InChI=1S/C12H21N3S/c1-2-10-16-11-7-14-12(13)15-8-5-3-4-6-9-15/h1H,3-11H2,(H2,13,14). The van der Waals surface area contributed by atoms with Gasteiger partial charge in [0.1, 0.15) is 0 Å². The average Bonchev–Trinajstić information content (AvgIpc) is 2.57. The third-order valence-electron chi connectivity index (χ3n) is 2.62. The molecule has 90 valence electrons. The molecule has 1 saturated heterocycles. The molecule has 0 atom stereocenters. The summed E-state index contributed by atoms with van der Waals surface area (Å²) in [6.45, 7) is 2.90. The number of nitrogens with zero attached hydrogens (tertiary/aromatic N) is 2. The summed E-state index contributed by atoms with van der Waals surface area (Å²) in [7, 11) is 0. The van der Waals surface area contributed by atoms with Crippen LogP contribution in [-0.2, 0) is 0 Å². The minimum atomic E-state index is 0.711. The minimum Gasteiger partial charge on any atom is -0.370 e. The van der Waals surface area contributed by atoms with Gasteiger partial charge in [-0.1, -0.05) is 18.8 Å². The maximum absolute atomic E-state index is 5.96. The molecule has 0 saturated carbocycles. The van der Waals surface area contributed by atoms with Gasteiger partial charge in [0.05, 0.1) is 12.3 Å². The Labute approximate surface area is 103 Å². The van der Waals surface area contributed by atoms with E-state index in [2.05, 4.69) is 15.8 Å². The van der Waals surface area contributed by atoms with Gasteiger partial charge in [-0.15, -0.1) is 18.2 Å². The highest BCUT2D eigenvalue weighted by Gasteiger charge is 2.10. The molecule has 1 rings (SSSR count). The van der Waals surface area contributed by atoms with Crippen LogP contribution in [-0.4, -0.2) is 42.0 Å². The van der Waals surface area contributed by atoms with Crippen LogP contribution in [0.25, 0.3) is 0 Å². The lowest BCUT2D eigenvalue weighted by Gasteiger charge is -2.20. The zero-order chi connectivity index (χ0) is 11.6. The Hall–Kier alpha value is -0.820. The first-order valence-electron chi connectivity index (χ1n) is 5.90. The maximum Gasteiger partial charge on any atom is 0.191 e. The fourth-order valence-electron chi connectivity index (χ4n) is 1.76. The highest BCUT2D eigenvalue weighted by molar-refractivity contribution is 7.99. The Morgan fingerprint density at radius 1 is 1.31 bits per heavy atom. The summed E-state index contributed by atoms with van der Waals surface area (Å²) >= 11 is 1.73. The SMILES string of the molecule is C#CCSCCN=C(N)N1CCCCCC1. The van der Waals surface area contributed by atoms with Crippen molar-refractivity contribution in [3.8, 4) is 12.3 Å². The number of guanidine groups is 1. The Balaban J connectivity index is 2.23. The number of rotatable bonds is 4. The van der Waals surface area contributed by atoms with Crippen LogP contribution in [0.2, 0.25) is 0 Å². The number of aliphatic imine (C=N–C) groups is 1. The second-order valence-electron chi connectivity index (χ2n) is 3.90. The quantitative estimate of drug-likeness (QED) is 0.350. The lowest BCUT2D eigenvalue weighted by molar-refractivity contribution is 0.429. The van der Waals surface area contributed by atoms with Crippen molar-refractivity contribution >= 4 is 17.7 Å². The number of thioether (sulfide) groups is 1. The average molecular weight is 239 g/mol. The van der Waals surface area contributed by atoms with Crippen molar-refractivity contribution in [1.29, 1.82) is 0 Å². The predicted molar refractivity (Wildman–Crippen MR) is 72.7 cm³/mol. The zero-order valence-corrected chi connectivity index (χ0v) is 10.6. The first-order chi connectivity index (χ1) is 7.84. The van der Waals surface area contributed by atoms with Gasteiger partial charge in [-0.3, -0.25) is 4.99 Å². The summed E-state index contributed by atoms with van der Waals surface area (Å²) in [5.74, 6) is 5.03. The van der Waals surface area contributed by atoms with Gasteiger partial charge in [0.2, 0.25) is 0 Å². The van der Waals surface area contributed by atoms with E-state index in [1.165, 1.54) is 25.7 Å². The second kappa shape index (κ2) is 8.35. The molecule has 0 amide bonds. The molecule has 1 fully saturated rings. The number of nitrogens with two attached hydrogens (primary N) is 1. The van der Waals surface area contributed by atoms with Crippen molar-refractivity contribution in [3.63, 3.8) is 0 Å². The van der Waals surface area contributed by atoms with E-state index in [4.69, 9.17) is 12.2 Å². The van der Waals surface area contributed by atoms with Crippen molar-refractivity contribution in [2.24, 2.45) is 10.7 Å². The van der Waals surface area contributed by atoms with E-state index in [0.29, 0.717) is 5.96 Å². The van der Waals surface area contributed by atoms with Crippen LogP contribution in [0, 0.1) is 12.3 Å². The third kappa shape index (κ3) is 5.32. The van der Waals surface area contributed by atoms with Crippen LogP contribution in [0.5, 0.6) is 0 Å². The molecule has 4 heteroatoms. The van der Waals surface area contributed by atoms with Gasteiger partial charge in [0, 0.05) is 18.8 Å². The summed E-state index contributed by atoms with van der Waals surface area (Å²) in [5, 5.41) is 0. The van der Waals surface area contributed by atoms with Crippen LogP contribution in [0.3, 0.4) is 0 Å². The lowest BCUT2D eigenvalue weighted by Crippen LogP contribution is -2.38. The molecule has 1 aliphatic heterocycles. The molecule has 1 aliphatic rings. The number of hydrogen-bond acceptors (Lipinski definition) is 2. The zero-order valence-electron chi connectivity index (χ0n) is 9.82. The van der Waals surface area contributed by atoms with E-state index >= 15 is 0 Å². The van der Waals surface area contributed by atoms with Crippen LogP contribution in [0.15, 0.2) is 4.99 Å². The molecule has 0 aliphatic carbocycles. The van der Waals surface area contributed by atoms with Crippen LogP contribution in [0.1, 0.15) is 25.7 Å². The normalized spacial score (nSPS) is 17.9. The Kier molecular flexibility index (Phi) is 6.91. The minimum absolute atomic E-state index is 0.711. The first-order valence-corrected chi connectivity index (χ1v) is 7.06. The molecule has 1 heterocycles. The fourth-order valence-corrected chi connectivity index (χ4v) is 2.24. The second-order valence-corrected chi connectivity index (χ2v) is 5.00. The Morgan fingerprint density at radius 3 is 2.62 bits per heavy atom. The molecule has 3 nitrogen and oxygen atoms in total. The topological polar surface area (TPSA) is 41.6 Å². The molecule has 0 spiro atoms. The van der Waals surface area contributed by atoms with Crippen LogP contribution < -0.4 is 5.73 Å². The van der Waals surface area contributed by atoms with E-state index < -0.39 is 0 Å². The summed E-state index contributed by atoms with van der Waals surface area (Å²) in [5.41, 5.74) is 5.96. The lowest BCUT2D eigenvalue weighted by atomic mass is 10.2. The molecule has 0 aromatic rings. The van der Waals surface area contributed by atoms with E-state index in [1.54, 1.807) is 11.8 Å². The molecule has 0 aromatic carbocycles. The van der Waals surface area contributed by atoms with Gasteiger partial charge in [0.25, 0.3) is 0 Å². The van der Waals surface area contributed by atoms with Gasteiger partial charge in [-0.2, -0.15) is 0 Å². The number of hydrogen-bond donors (Lipinski definition) is 1. The van der Waals surface area contributed by atoms with Crippen LogP contribution >= 0.6 is 11.8 Å². The van der Waals surface area contributed by atoms with Crippen LogP contribution in [0.4, 0.5) is 0 Å². The molecule has 0 unspecified atom stereocenters. The highest BCUT2D eigenvalue weighted by atomic mass is 32.2. The molecule has 16 heavy (non-hydrogen) atoms. The highest BCUT2D eigenvalue weighted by Crippen LogP contribution is 2.09. The first kappa shape index (κ1) is 13.2. The van der Waals surface area contributed by atoms with Gasteiger partial charge < -0.3 is 10.6 Å². The summed E-state index contributed by atoms with van der Waals surface area (Å²) in [6.07, 6.45) is 10.3. The smallest absolute Gasteiger partial charge is 0.191 e. The van der Waals surface area contributed by atoms with E-state index in [1.807, 2.05) is 0 Å². The van der Waals surface area contributed by atoms with E-state index in [-0.39, 0.29) is 0 Å². The molecular weight excluding hydrogens is 218 g/mol. The van der Waals surface area contributed by atoms with Crippen molar-refractivity contribution in [3.05, 3.63) is 0 Å². The van der Waals surface area contributed by atoms with Crippen molar-refractivity contribution in [2.45, 2.75) is 25.7 Å². The fraction of sp³-hybridized carbons (Fsp3) is 0.750. The molecule has 2 N–H and O–H groups in total. The van der Waals surface area contributed by atoms with Crippen molar-refractivity contribution < 1.29 is 0 Å². The molecule has 0 bridgehead atoms. The van der Waals surface area contributed by atoms with Gasteiger partial charge in [-0.05, 0) is 12.8 Å². The molecular formula is C12H21N3S. The van der Waals surface area contributed by atoms with Gasteiger partial charge in [0.15, 0.2) is 5.96 Å². The van der Waals surface area contributed by atoms with Gasteiger partial charge in [-0.25, -0.2) is 0 Å². The molecule has 0 radical (unpaired) electrons. The Morgan fingerprint density at radius 2 is 2.00 bits per heavy atom. The van der Waals surface area contributed by atoms with Gasteiger partial charge >= 0.3 is 0 Å². The summed E-state index contributed by atoms with van der Waals surface area (Å²) in [4.78, 5) is 6.60. The summed E-state index contributed by atoms with van der Waals surface area (Å²) in [6, 6.07) is 0. The predicted octanol–water partition coefficient (Wildman–Crippen LogP) is 1.54. The molecule has 0 aromatic heterocycles. The summed E-state index contributed by atoms with van der Waals surface area (Å²) < 4.78 is 0. The maximum atomic E-state index is 5.96. The van der Waals surface area contributed by atoms with Crippen molar-refractivity contribution in [1.82, 2.24) is 4.90 Å². The Bertz CT molecular complexity index is 249. The third-order valence-corrected chi connectivity index (χ3v) is 3.47. The van der Waals surface area contributed by atoms with Crippen molar-refractivity contribution in [2.75, 3.05) is 31.1 Å².